The third-order valence-electron chi connectivity index (χ3n) is 2.68. The summed E-state index contributed by atoms with van der Waals surface area (Å²) in [4.78, 5) is 7.16. The van der Waals surface area contributed by atoms with Crippen LogP contribution in [0.15, 0.2) is 16.7 Å². The summed E-state index contributed by atoms with van der Waals surface area (Å²) in [6, 6.07) is 3.17. The Morgan fingerprint density at radius 2 is 2.32 bits per heavy atom. The highest BCUT2D eigenvalue weighted by Gasteiger charge is 2.11. The zero-order chi connectivity index (χ0) is 13.6. The van der Waals surface area contributed by atoms with Crippen LogP contribution in [0.3, 0.4) is 0 Å². The smallest absolute Gasteiger partial charge is 0.246 e. The minimum Gasteiger partial charge on any atom is -0.337 e. The normalized spacial score (nSPS) is 11.3. The third-order valence-corrected chi connectivity index (χ3v) is 3.83. The number of fused-ring (bicyclic) bond motifs is 1. The molecule has 5 nitrogen and oxygen atoms in total. The number of aromatic nitrogens is 4. The van der Waals surface area contributed by atoms with Crippen molar-refractivity contribution in [2.75, 3.05) is 0 Å². The lowest BCUT2D eigenvalue weighted by molar-refractivity contribution is 0.368. The predicted molar refractivity (Wildman–Crippen MR) is 77.9 cm³/mol. The fourth-order valence-corrected chi connectivity index (χ4v) is 2.59. The quantitative estimate of drug-likeness (QED) is 0.540. The first-order chi connectivity index (χ1) is 9.04. The molecule has 2 heterocycles. The van der Waals surface area contributed by atoms with E-state index in [0.29, 0.717) is 32.1 Å². The molecular formula is C11H8FIN4OS. The second-order valence-electron chi connectivity index (χ2n) is 4.04. The van der Waals surface area contributed by atoms with E-state index in [2.05, 4.69) is 15.1 Å². The van der Waals surface area contributed by atoms with Gasteiger partial charge in [0.2, 0.25) is 5.89 Å². The highest BCUT2D eigenvalue weighted by Crippen LogP contribution is 2.21. The second-order valence-corrected chi connectivity index (χ2v) is 5.58. The van der Waals surface area contributed by atoms with E-state index in [0.717, 1.165) is 5.52 Å². The molecule has 3 rings (SSSR count). The van der Waals surface area contributed by atoms with Crippen LogP contribution < -0.4 is 0 Å². The summed E-state index contributed by atoms with van der Waals surface area (Å²) in [5, 5.41) is 3.72. The van der Waals surface area contributed by atoms with Gasteiger partial charge in [-0.25, -0.2) is 4.39 Å². The lowest BCUT2D eigenvalue weighted by Gasteiger charge is -2.01. The van der Waals surface area contributed by atoms with E-state index >= 15 is 0 Å². The zero-order valence-electron chi connectivity index (χ0n) is 9.78. The molecule has 0 unspecified atom stereocenters. The molecule has 2 aromatic heterocycles. The summed E-state index contributed by atoms with van der Waals surface area (Å²) < 4.78 is 21.5. The summed E-state index contributed by atoms with van der Waals surface area (Å²) >= 11 is 7.18. The lowest BCUT2D eigenvalue weighted by Crippen LogP contribution is -2.00. The number of H-pyrrole nitrogens is 1. The number of imidazole rings is 1. The Bertz CT molecular complexity index is 822. The van der Waals surface area contributed by atoms with Crippen LogP contribution in [0.25, 0.3) is 11.0 Å². The average Bonchev–Trinajstić information content (AvgIpc) is 2.87. The van der Waals surface area contributed by atoms with Crippen LogP contribution >= 0.6 is 34.8 Å². The number of rotatable bonds is 2. The molecule has 0 saturated heterocycles. The van der Waals surface area contributed by atoms with Gasteiger partial charge in [0.05, 0.1) is 14.6 Å². The molecule has 1 aromatic carbocycles. The van der Waals surface area contributed by atoms with Crippen LogP contribution in [0.2, 0.25) is 0 Å². The minimum atomic E-state index is -0.280. The van der Waals surface area contributed by atoms with Crippen molar-refractivity contribution in [3.63, 3.8) is 0 Å². The first-order valence-corrected chi connectivity index (χ1v) is 6.90. The molecule has 0 bridgehead atoms. The standard InChI is InChI=1S/C11H8FIN4OS/c1-5-14-10(18-16-5)4-17-9-2-6(12)7(13)3-8(9)15-11(17)19/h2-3H,4H2,1H3,(H,15,19). The molecule has 0 fully saturated rings. The monoisotopic (exact) mass is 390 g/mol. The van der Waals surface area contributed by atoms with Gasteiger partial charge in [-0.2, -0.15) is 4.98 Å². The van der Waals surface area contributed by atoms with Gasteiger partial charge in [-0.3, -0.25) is 0 Å². The largest absolute Gasteiger partial charge is 0.337 e. The Morgan fingerprint density at radius 3 is 3.00 bits per heavy atom. The molecule has 0 atom stereocenters. The van der Waals surface area contributed by atoms with Crippen molar-refractivity contribution >= 4 is 45.8 Å². The minimum absolute atomic E-state index is 0.280. The number of hydrogen-bond donors (Lipinski definition) is 1. The van der Waals surface area contributed by atoms with E-state index in [-0.39, 0.29) is 5.82 Å². The molecular weight excluding hydrogens is 382 g/mol. The van der Waals surface area contributed by atoms with Gasteiger partial charge >= 0.3 is 0 Å². The summed E-state index contributed by atoms with van der Waals surface area (Å²) in [5.41, 5.74) is 1.46. The van der Waals surface area contributed by atoms with Crippen LogP contribution in [0.5, 0.6) is 0 Å². The summed E-state index contributed by atoms with van der Waals surface area (Å²) in [6.45, 7) is 2.06. The van der Waals surface area contributed by atoms with Gasteiger partial charge < -0.3 is 14.1 Å². The number of hydrogen-bond acceptors (Lipinski definition) is 4. The Balaban J connectivity index is 2.15. The van der Waals surface area contributed by atoms with Crippen LogP contribution in [0, 0.1) is 21.1 Å². The Morgan fingerprint density at radius 1 is 1.53 bits per heavy atom. The van der Waals surface area contributed by atoms with Gasteiger partial charge in [-0.05, 0) is 47.8 Å². The average molecular weight is 390 g/mol. The fourth-order valence-electron chi connectivity index (χ4n) is 1.85. The Kier molecular flexibility index (Phi) is 3.13. The fraction of sp³-hybridized carbons (Fsp3) is 0.182. The van der Waals surface area contributed by atoms with E-state index in [9.17, 15) is 4.39 Å². The van der Waals surface area contributed by atoms with Gasteiger partial charge in [-0.1, -0.05) is 5.16 Å². The number of nitrogens with zero attached hydrogens (tertiary/aromatic N) is 3. The number of nitrogens with one attached hydrogen (secondary N) is 1. The second kappa shape index (κ2) is 4.67. The molecule has 8 heteroatoms. The maximum atomic E-state index is 13.7. The Hall–Kier alpha value is -1.29. The molecule has 98 valence electrons. The van der Waals surface area contributed by atoms with E-state index in [1.807, 2.05) is 22.6 Å². The van der Waals surface area contributed by atoms with Crippen molar-refractivity contribution in [3.8, 4) is 0 Å². The SMILES string of the molecule is Cc1noc(Cn2c(=S)[nH]c3cc(I)c(F)cc32)n1. The molecule has 0 aliphatic heterocycles. The van der Waals surface area contributed by atoms with E-state index < -0.39 is 0 Å². The number of aryl methyl sites for hydroxylation is 1. The van der Waals surface area contributed by atoms with Crippen molar-refractivity contribution in [2.24, 2.45) is 0 Å². The predicted octanol–water partition coefficient (Wildman–Crippen LogP) is 3.18. The van der Waals surface area contributed by atoms with Crippen LogP contribution in [0.1, 0.15) is 11.7 Å². The van der Waals surface area contributed by atoms with Gasteiger partial charge in [0.1, 0.15) is 12.4 Å². The first kappa shape index (κ1) is 12.7. The van der Waals surface area contributed by atoms with Gasteiger partial charge in [-0.15, -0.1) is 0 Å². The topological polar surface area (TPSA) is 59.6 Å². The van der Waals surface area contributed by atoms with E-state index in [1.165, 1.54) is 6.07 Å². The number of halogens is 2. The van der Waals surface area contributed by atoms with Crippen LogP contribution in [-0.4, -0.2) is 19.7 Å². The third kappa shape index (κ3) is 2.29. The lowest BCUT2D eigenvalue weighted by atomic mass is 10.3. The Labute approximate surface area is 126 Å². The molecule has 3 aromatic rings. The molecule has 19 heavy (non-hydrogen) atoms. The van der Waals surface area contributed by atoms with Crippen molar-refractivity contribution in [1.82, 2.24) is 19.7 Å². The molecule has 0 spiro atoms. The van der Waals surface area contributed by atoms with Crippen LogP contribution in [-0.2, 0) is 6.54 Å². The molecule has 0 amide bonds. The number of aromatic amines is 1. The van der Waals surface area contributed by atoms with E-state index in [4.69, 9.17) is 16.7 Å². The van der Waals surface area contributed by atoms with E-state index in [1.54, 1.807) is 17.6 Å². The molecule has 0 aliphatic carbocycles. The van der Waals surface area contributed by atoms with Crippen molar-refractivity contribution < 1.29 is 8.91 Å². The van der Waals surface area contributed by atoms with Crippen LogP contribution in [0.4, 0.5) is 4.39 Å². The van der Waals surface area contributed by atoms with Gasteiger partial charge in [0.15, 0.2) is 10.6 Å². The highest BCUT2D eigenvalue weighted by atomic mass is 127. The summed E-state index contributed by atoms with van der Waals surface area (Å²) in [6.07, 6.45) is 0. The molecule has 1 N–H and O–H groups in total. The summed E-state index contributed by atoms with van der Waals surface area (Å²) in [5.74, 6) is 0.716. The maximum absolute atomic E-state index is 13.7. The number of benzene rings is 1. The highest BCUT2D eigenvalue weighted by molar-refractivity contribution is 14.1. The maximum Gasteiger partial charge on any atom is 0.246 e. The first-order valence-electron chi connectivity index (χ1n) is 5.41. The van der Waals surface area contributed by atoms with Gasteiger partial charge in [0.25, 0.3) is 0 Å². The van der Waals surface area contributed by atoms with Crippen molar-refractivity contribution in [1.29, 1.82) is 0 Å². The molecule has 0 saturated carbocycles. The molecule has 0 aliphatic rings. The zero-order valence-corrected chi connectivity index (χ0v) is 12.7. The van der Waals surface area contributed by atoms with Gasteiger partial charge in [0, 0.05) is 6.07 Å². The summed E-state index contributed by atoms with van der Waals surface area (Å²) in [7, 11) is 0. The van der Waals surface area contributed by atoms with Crippen molar-refractivity contribution in [3.05, 3.63) is 38.0 Å². The molecule has 0 radical (unpaired) electrons. The van der Waals surface area contributed by atoms with Crippen molar-refractivity contribution in [2.45, 2.75) is 13.5 Å².